The first-order valence-corrected chi connectivity index (χ1v) is 13.6. The number of hydrogen-bond acceptors (Lipinski definition) is 0. The summed E-state index contributed by atoms with van der Waals surface area (Å²) in [6.45, 7) is 4.44. The molecule has 0 aromatic heterocycles. The lowest BCUT2D eigenvalue weighted by Gasteiger charge is -2.31. The number of benzene rings is 6. The predicted molar refractivity (Wildman–Crippen MR) is 161 cm³/mol. The summed E-state index contributed by atoms with van der Waals surface area (Å²) in [4.78, 5) is 0. The van der Waals surface area contributed by atoms with Crippen molar-refractivity contribution in [2.75, 3.05) is 0 Å². The average Bonchev–Trinajstić information content (AvgIpc) is 2.93. The zero-order chi connectivity index (χ0) is 25.4. The van der Waals surface area contributed by atoms with E-state index in [-0.39, 0.29) is 0 Å². The van der Waals surface area contributed by atoms with Gasteiger partial charge < -0.3 is 0 Å². The Morgan fingerprint density at radius 2 is 0.737 bits per heavy atom. The van der Waals surface area contributed by atoms with Crippen LogP contribution in [-0.4, -0.2) is 0 Å². The fraction of sp³-hybridized carbons (Fsp3) is 0.105. The summed E-state index contributed by atoms with van der Waals surface area (Å²) in [7, 11) is 0. The molecular weight excluding hydrogens is 456 g/mol. The lowest BCUT2D eigenvalue weighted by Crippen LogP contribution is -2.14. The topological polar surface area (TPSA) is 0 Å². The molecule has 0 N–H and O–H groups in total. The molecule has 6 aromatic carbocycles. The molecule has 0 atom stereocenters. The van der Waals surface area contributed by atoms with Crippen molar-refractivity contribution in [2.24, 2.45) is 0 Å². The van der Waals surface area contributed by atoms with Gasteiger partial charge >= 0.3 is 0 Å². The lowest BCUT2D eigenvalue weighted by atomic mass is 9.72. The van der Waals surface area contributed by atoms with Crippen molar-refractivity contribution in [3.63, 3.8) is 0 Å². The molecule has 6 aromatic rings. The molecule has 2 aliphatic rings. The molecule has 2 aliphatic carbocycles. The monoisotopic (exact) mass is 484 g/mol. The van der Waals surface area contributed by atoms with Crippen LogP contribution in [0.4, 0.5) is 0 Å². The van der Waals surface area contributed by atoms with Gasteiger partial charge in [-0.25, -0.2) is 0 Å². The molecule has 0 fully saturated rings. The summed E-state index contributed by atoms with van der Waals surface area (Å²) in [5, 5.41) is 5.24. The van der Waals surface area contributed by atoms with Crippen molar-refractivity contribution in [1.29, 1.82) is 0 Å². The van der Waals surface area contributed by atoms with E-state index in [1.165, 1.54) is 88.3 Å². The maximum absolute atomic E-state index is 2.45. The smallest absolute Gasteiger partial charge is 0.00132 e. The van der Waals surface area contributed by atoms with E-state index in [9.17, 15) is 0 Å². The van der Waals surface area contributed by atoms with E-state index in [0.717, 1.165) is 12.8 Å². The maximum atomic E-state index is 2.45. The quantitative estimate of drug-likeness (QED) is 0.201. The molecule has 0 saturated carbocycles. The van der Waals surface area contributed by atoms with Crippen LogP contribution < -0.4 is 0 Å². The van der Waals surface area contributed by atoms with Gasteiger partial charge in [0.2, 0.25) is 0 Å². The third-order valence-electron chi connectivity index (χ3n) is 8.56. The van der Waals surface area contributed by atoms with Gasteiger partial charge in [-0.2, -0.15) is 0 Å². The van der Waals surface area contributed by atoms with Crippen molar-refractivity contribution in [3.05, 3.63) is 165 Å². The fourth-order valence-corrected chi connectivity index (χ4v) is 6.73. The fourth-order valence-electron chi connectivity index (χ4n) is 6.73. The zero-order valence-corrected chi connectivity index (χ0v) is 21.8. The summed E-state index contributed by atoms with van der Waals surface area (Å²) in [6.07, 6.45) is 1.94. The first-order valence-electron chi connectivity index (χ1n) is 13.6. The average molecular weight is 485 g/mol. The van der Waals surface area contributed by atoms with Crippen LogP contribution in [0.25, 0.3) is 32.7 Å². The largest absolute Gasteiger partial charge is 0.0616 e. The van der Waals surface area contributed by atoms with E-state index in [2.05, 4.69) is 123 Å². The SMILES string of the molecule is Cc1ccc2c(c1)/C(=C1\c3cc(C)ccc3Cc3cc4ccccc4cc31)c1cc3ccccc3cc1C2. The summed E-state index contributed by atoms with van der Waals surface area (Å²) in [5.74, 6) is 0. The Labute approximate surface area is 223 Å². The second-order valence-corrected chi connectivity index (χ2v) is 11.1. The highest BCUT2D eigenvalue weighted by molar-refractivity contribution is 6.11. The van der Waals surface area contributed by atoms with Gasteiger partial charge in [0.15, 0.2) is 0 Å². The second kappa shape index (κ2) is 8.04. The van der Waals surface area contributed by atoms with Crippen LogP contribution in [-0.2, 0) is 12.8 Å². The van der Waals surface area contributed by atoms with Crippen LogP contribution in [0.3, 0.4) is 0 Å². The number of hydrogen-bond donors (Lipinski definition) is 0. The van der Waals surface area contributed by atoms with Crippen molar-refractivity contribution in [1.82, 2.24) is 0 Å². The first kappa shape index (κ1) is 21.6. The standard InChI is InChI=1S/C38H28/c1-23-11-13-29-19-31-17-25-7-3-5-9-27(25)21-35(31)37(33(29)15-23)38-34-16-24(2)12-14-30(34)20-32-18-26-8-4-6-10-28(26)22-36(32)38/h3-18,21-22H,19-20H2,1-2H3/b38-37-. The molecule has 180 valence electrons. The Bertz CT molecular complexity index is 1840. The summed E-state index contributed by atoms with van der Waals surface area (Å²) in [5.41, 5.74) is 16.6. The Morgan fingerprint density at radius 1 is 0.368 bits per heavy atom. The number of fused-ring (bicyclic) bond motifs is 6. The highest BCUT2D eigenvalue weighted by Crippen LogP contribution is 2.48. The highest BCUT2D eigenvalue weighted by atomic mass is 14.3. The van der Waals surface area contributed by atoms with Crippen LogP contribution in [0, 0.1) is 13.8 Å². The Hall–Kier alpha value is -4.42. The van der Waals surface area contributed by atoms with Gasteiger partial charge in [0, 0.05) is 0 Å². The minimum Gasteiger partial charge on any atom is -0.0616 e. The van der Waals surface area contributed by atoms with Crippen LogP contribution in [0.15, 0.2) is 109 Å². The van der Waals surface area contributed by atoms with Crippen LogP contribution >= 0.6 is 0 Å². The van der Waals surface area contributed by atoms with Gasteiger partial charge in [-0.05, 0) is 116 Å². The van der Waals surface area contributed by atoms with E-state index in [1.54, 1.807) is 0 Å². The van der Waals surface area contributed by atoms with Gasteiger partial charge in [-0.15, -0.1) is 0 Å². The highest BCUT2D eigenvalue weighted by Gasteiger charge is 2.29. The Balaban J connectivity index is 1.57. The van der Waals surface area contributed by atoms with Crippen molar-refractivity contribution >= 4 is 32.7 Å². The molecule has 0 radical (unpaired) electrons. The predicted octanol–water partition coefficient (Wildman–Crippen LogP) is 9.43. The van der Waals surface area contributed by atoms with Crippen molar-refractivity contribution in [3.8, 4) is 0 Å². The molecule has 38 heavy (non-hydrogen) atoms. The van der Waals surface area contributed by atoms with Gasteiger partial charge in [0.25, 0.3) is 0 Å². The van der Waals surface area contributed by atoms with Crippen LogP contribution in [0.1, 0.15) is 55.6 Å². The molecule has 0 spiro atoms. The molecule has 0 nitrogen and oxygen atoms in total. The van der Waals surface area contributed by atoms with Gasteiger partial charge in [-0.1, -0.05) is 108 Å². The van der Waals surface area contributed by atoms with E-state index in [0.29, 0.717) is 0 Å². The van der Waals surface area contributed by atoms with Gasteiger partial charge in [0.1, 0.15) is 0 Å². The van der Waals surface area contributed by atoms with Crippen molar-refractivity contribution in [2.45, 2.75) is 26.7 Å². The number of aryl methyl sites for hydroxylation is 2. The van der Waals surface area contributed by atoms with E-state index in [4.69, 9.17) is 0 Å². The Morgan fingerprint density at radius 3 is 1.16 bits per heavy atom. The lowest BCUT2D eigenvalue weighted by molar-refractivity contribution is 1.12. The van der Waals surface area contributed by atoms with Crippen LogP contribution in [0.2, 0.25) is 0 Å². The maximum Gasteiger partial charge on any atom is -0.00132 e. The summed E-state index contributed by atoms with van der Waals surface area (Å²) >= 11 is 0. The third-order valence-corrected chi connectivity index (χ3v) is 8.56. The molecule has 0 amide bonds. The molecule has 0 bridgehead atoms. The van der Waals surface area contributed by atoms with Gasteiger partial charge in [0.05, 0.1) is 0 Å². The molecule has 8 rings (SSSR count). The molecule has 0 unspecified atom stereocenters. The molecule has 0 heterocycles. The summed E-state index contributed by atoms with van der Waals surface area (Å²) in [6, 6.07) is 41.4. The van der Waals surface area contributed by atoms with E-state index < -0.39 is 0 Å². The molecule has 0 heteroatoms. The van der Waals surface area contributed by atoms with Gasteiger partial charge in [-0.3, -0.25) is 0 Å². The normalized spacial score (nSPS) is 15.6. The summed E-state index contributed by atoms with van der Waals surface area (Å²) < 4.78 is 0. The van der Waals surface area contributed by atoms with Crippen molar-refractivity contribution < 1.29 is 0 Å². The molecular formula is C38H28. The minimum atomic E-state index is 0.970. The molecule has 0 aliphatic heterocycles. The minimum absolute atomic E-state index is 0.970. The first-order chi connectivity index (χ1) is 18.6. The van der Waals surface area contributed by atoms with Crippen LogP contribution in [0.5, 0.6) is 0 Å². The number of rotatable bonds is 0. The molecule has 0 saturated heterocycles. The van der Waals surface area contributed by atoms with E-state index >= 15 is 0 Å². The second-order valence-electron chi connectivity index (χ2n) is 11.1. The Kier molecular flexibility index (Phi) is 4.58. The third kappa shape index (κ3) is 3.23. The van der Waals surface area contributed by atoms with E-state index in [1.807, 2.05) is 0 Å². The zero-order valence-electron chi connectivity index (χ0n) is 21.8.